The van der Waals surface area contributed by atoms with E-state index in [1.165, 1.54) is 21.9 Å². The standard InChI is InChI=1S/C45H35N3O/c1-45(2,3)32-25-26-46-44(28-32)48-38-17-9-7-15-34(38)35-24-22-33(29-41(35)48)47-39-18-10-12-20-43(39)49-42-19-11-8-16-37(42)36-23-21-31(27-40(36)47)30-13-5-4-6-14-30/h4-29H,1-3H3. The highest BCUT2D eigenvalue weighted by molar-refractivity contribution is 6.10. The van der Waals surface area contributed by atoms with Crippen LogP contribution < -0.4 is 0 Å². The van der Waals surface area contributed by atoms with E-state index in [4.69, 9.17) is 9.40 Å². The second kappa shape index (κ2) is 11.2. The molecule has 0 aliphatic heterocycles. The van der Waals surface area contributed by atoms with E-state index in [0.29, 0.717) is 0 Å². The van der Waals surface area contributed by atoms with Crippen molar-refractivity contribution >= 4 is 54.8 Å². The number of hydrogen-bond acceptors (Lipinski definition) is 2. The number of rotatable bonds is 3. The molecule has 0 N–H and O–H groups in total. The van der Waals surface area contributed by atoms with Crippen LogP contribution in [0.15, 0.2) is 162 Å². The van der Waals surface area contributed by atoms with Gasteiger partial charge in [0.25, 0.3) is 0 Å². The monoisotopic (exact) mass is 633 g/mol. The predicted octanol–water partition coefficient (Wildman–Crippen LogP) is 12.1. The van der Waals surface area contributed by atoms with Gasteiger partial charge in [-0.3, -0.25) is 4.57 Å². The van der Waals surface area contributed by atoms with Gasteiger partial charge in [-0.25, -0.2) is 4.98 Å². The highest BCUT2D eigenvalue weighted by Crippen LogP contribution is 2.37. The van der Waals surface area contributed by atoms with Crippen LogP contribution in [0.25, 0.3) is 77.4 Å². The van der Waals surface area contributed by atoms with Gasteiger partial charge in [-0.2, -0.15) is 0 Å². The summed E-state index contributed by atoms with van der Waals surface area (Å²) in [5.74, 6) is 0.910. The van der Waals surface area contributed by atoms with Gasteiger partial charge in [0, 0.05) is 33.4 Å². The molecule has 6 aromatic carbocycles. The van der Waals surface area contributed by atoms with Crippen LogP contribution >= 0.6 is 0 Å². The molecule has 4 heteroatoms. The minimum atomic E-state index is -0.00760. The van der Waals surface area contributed by atoms with Crippen molar-refractivity contribution in [2.45, 2.75) is 26.2 Å². The SMILES string of the molecule is CC(C)(C)c1ccnc(-n2c3ccccc3c3ccc(-n4c5ccccc5oc5ccccc5c5ccc(-c6ccccc6)cc54)cc32)c1. The van der Waals surface area contributed by atoms with Gasteiger partial charge < -0.3 is 8.98 Å². The second-order valence-corrected chi connectivity index (χ2v) is 13.7. The summed E-state index contributed by atoms with van der Waals surface area (Å²) in [5.41, 5.74) is 10.5. The Morgan fingerprint density at radius 3 is 1.92 bits per heavy atom. The number of nitrogens with zero attached hydrogens (tertiary/aromatic N) is 3. The molecular weight excluding hydrogens is 599 g/mol. The van der Waals surface area contributed by atoms with Crippen LogP contribution in [0.2, 0.25) is 0 Å². The highest BCUT2D eigenvalue weighted by Gasteiger charge is 2.19. The number of hydrogen-bond donors (Lipinski definition) is 0. The maximum Gasteiger partial charge on any atom is 0.151 e. The quantitative estimate of drug-likeness (QED) is 0.194. The molecule has 0 atom stereocenters. The van der Waals surface area contributed by atoms with Crippen molar-refractivity contribution in [2.24, 2.45) is 0 Å². The molecule has 49 heavy (non-hydrogen) atoms. The molecule has 0 aliphatic rings. The third kappa shape index (κ3) is 4.87. The molecule has 0 fully saturated rings. The van der Waals surface area contributed by atoms with Crippen LogP contribution in [-0.4, -0.2) is 14.1 Å². The first-order valence-corrected chi connectivity index (χ1v) is 16.8. The van der Waals surface area contributed by atoms with Crippen LogP contribution in [0, 0.1) is 0 Å². The van der Waals surface area contributed by atoms with E-state index >= 15 is 0 Å². The molecule has 3 heterocycles. The lowest BCUT2D eigenvalue weighted by Crippen LogP contribution is -2.12. The molecule has 0 unspecified atom stereocenters. The molecule has 0 radical (unpaired) electrons. The molecule has 3 aromatic heterocycles. The number of para-hydroxylation sites is 4. The molecular formula is C45H35N3O. The van der Waals surface area contributed by atoms with Crippen molar-refractivity contribution in [3.8, 4) is 22.6 Å². The summed E-state index contributed by atoms with van der Waals surface area (Å²) in [4.78, 5) is 4.94. The van der Waals surface area contributed by atoms with Crippen molar-refractivity contribution in [2.75, 3.05) is 0 Å². The molecule has 9 aromatic rings. The molecule has 0 saturated heterocycles. The first-order valence-electron chi connectivity index (χ1n) is 16.8. The fraction of sp³-hybridized carbons (Fsp3) is 0.0889. The molecule has 4 nitrogen and oxygen atoms in total. The molecule has 0 spiro atoms. The normalized spacial score (nSPS) is 12.0. The number of aromatic nitrogens is 3. The lowest BCUT2D eigenvalue weighted by Gasteiger charge is -2.20. The van der Waals surface area contributed by atoms with Crippen LogP contribution in [0.1, 0.15) is 26.3 Å². The number of fused-ring (bicyclic) bond motifs is 7. The highest BCUT2D eigenvalue weighted by atomic mass is 16.3. The van der Waals surface area contributed by atoms with Gasteiger partial charge in [-0.1, -0.05) is 118 Å². The molecule has 236 valence electrons. The Labute approximate surface area is 284 Å². The fourth-order valence-electron chi connectivity index (χ4n) is 7.14. The third-order valence-corrected chi connectivity index (χ3v) is 9.61. The molecule has 9 rings (SSSR count). The summed E-state index contributed by atoms with van der Waals surface area (Å²) in [7, 11) is 0. The Balaban J connectivity index is 1.44. The first kappa shape index (κ1) is 29.0. The van der Waals surface area contributed by atoms with E-state index in [2.05, 4.69) is 169 Å². The zero-order chi connectivity index (χ0) is 33.1. The average molecular weight is 634 g/mol. The van der Waals surface area contributed by atoms with Gasteiger partial charge in [0.1, 0.15) is 11.4 Å². The van der Waals surface area contributed by atoms with Crippen LogP contribution in [0.3, 0.4) is 0 Å². The van der Waals surface area contributed by atoms with Crippen molar-refractivity contribution in [3.05, 3.63) is 163 Å². The Hall–Kier alpha value is -6.13. The number of pyridine rings is 1. The van der Waals surface area contributed by atoms with E-state index in [0.717, 1.165) is 61.1 Å². The average Bonchev–Trinajstić information content (AvgIpc) is 3.46. The summed E-state index contributed by atoms with van der Waals surface area (Å²) >= 11 is 0. The number of benzene rings is 6. The first-order chi connectivity index (χ1) is 23.9. The minimum Gasteiger partial charge on any atom is -0.455 e. The van der Waals surface area contributed by atoms with Gasteiger partial charge in [0.2, 0.25) is 0 Å². The Morgan fingerprint density at radius 2 is 1.10 bits per heavy atom. The van der Waals surface area contributed by atoms with Crippen molar-refractivity contribution in [1.82, 2.24) is 14.1 Å². The van der Waals surface area contributed by atoms with Gasteiger partial charge in [0.15, 0.2) is 5.58 Å². The largest absolute Gasteiger partial charge is 0.455 e. The summed E-state index contributed by atoms with van der Waals surface area (Å²) in [6.07, 6.45) is 1.94. The van der Waals surface area contributed by atoms with Crippen molar-refractivity contribution in [3.63, 3.8) is 0 Å². The summed E-state index contributed by atoms with van der Waals surface area (Å²) in [5, 5.41) is 4.53. The van der Waals surface area contributed by atoms with Crippen LogP contribution in [0.5, 0.6) is 0 Å². The maximum atomic E-state index is 6.72. The predicted molar refractivity (Wildman–Crippen MR) is 204 cm³/mol. The lowest BCUT2D eigenvalue weighted by molar-refractivity contribution is 0.588. The Kier molecular flexibility index (Phi) is 6.66. The fourth-order valence-corrected chi connectivity index (χ4v) is 7.14. The van der Waals surface area contributed by atoms with Crippen LogP contribution in [0.4, 0.5) is 0 Å². The maximum absolute atomic E-state index is 6.72. The van der Waals surface area contributed by atoms with Crippen LogP contribution in [-0.2, 0) is 5.41 Å². The topological polar surface area (TPSA) is 35.9 Å². The minimum absolute atomic E-state index is 0.00760. The summed E-state index contributed by atoms with van der Waals surface area (Å²) in [6.45, 7) is 6.74. The lowest BCUT2D eigenvalue weighted by atomic mass is 9.88. The summed E-state index contributed by atoms with van der Waals surface area (Å²) < 4.78 is 11.4. The van der Waals surface area contributed by atoms with E-state index in [-0.39, 0.29) is 5.41 Å². The summed E-state index contributed by atoms with van der Waals surface area (Å²) in [6, 6.07) is 53.8. The van der Waals surface area contributed by atoms with Gasteiger partial charge >= 0.3 is 0 Å². The Bertz CT molecular complexity index is 2760. The molecule has 0 aliphatic carbocycles. The van der Waals surface area contributed by atoms with Gasteiger partial charge in [0.05, 0.1) is 22.1 Å². The molecule has 0 saturated carbocycles. The smallest absolute Gasteiger partial charge is 0.151 e. The zero-order valence-electron chi connectivity index (χ0n) is 27.8. The van der Waals surface area contributed by atoms with E-state index in [1.807, 2.05) is 18.3 Å². The Morgan fingerprint density at radius 1 is 0.469 bits per heavy atom. The van der Waals surface area contributed by atoms with E-state index < -0.39 is 0 Å². The second-order valence-electron chi connectivity index (χ2n) is 13.7. The van der Waals surface area contributed by atoms with Crippen molar-refractivity contribution < 1.29 is 4.42 Å². The van der Waals surface area contributed by atoms with Gasteiger partial charge in [-0.15, -0.1) is 0 Å². The van der Waals surface area contributed by atoms with Crippen molar-refractivity contribution in [1.29, 1.82) is 0 Å². The third-order valence-electron chi connectivity index (χ3n) is 9.61. The molecule has 0 bridgehead atoms. The van der Waals surface area contributed by atoms with E-state index in [1.54, 1.807) is 0 Å². The van der Waals surface area contributed by atoms with E-state index in [9.17, 15) is 0 Å². The molecule has 0 amide bonds. The zero-order valence-corrected chi connectivity index (χ0v) is 27.8. The van der Waals surface area contributed by atoms with Gasteiger partial charge in [-0.05, 0) is 76.7 Å².